The Kier molecular flexibility index (Phi) is 9.67. The van der Waals surface area contributed by atoms with Gasteiger partial charge in [-0.1, -0.05) is 47.5 Å². The van der Waals surface area contributed by atoms with Gasteiger partial charge in [-0.2, -0.15) is 4.31 Å². The van der Waals surface area contributed by atoms with Crippen LogP contribution in [-0.4, -0.2) is 69.7 Å². The van der Waals surface area contributed by atoms with E-state index in [9.17, 15) is 18.0 Å². The van der Waals surface area contributed by atoms with Crippen molar-refractivity contribution < 1.29 is 18.0 Å². The van der Waals surface area contributed by atoms with Gasteiger partial charge in [-0.25, -0.2) is 28.3 Å². The molecule has 0 aliphatic carbocycles. The summed E-state index contributed by atoms with van der Waals surface area (Å²) in [4.78, 5) is 44.8. The summed E-state index contributed by atoms with van der Waals surface area (Å²) in [5, 5.41) is 3.36. The number of hydrogen-bond donors (Lipinski definition) is 1. The standard InChI is InChI=1S/C39H38Cl2N8O4S/c1-39(21-26-7-9-27(10-8-26)28-22-42-25-43-23-28)37(51)48(33-19-29(40)18-30(41)20-33)38-44-24-35(49(38)39)54(52,53)47-17-5-6-34(47)36(50)45-31-11-13-32(14-12-31)46-15-3-2-4-16-46/h7-14,18-20,22-25,34H,2-6,15-17,21H2,1H3,(H,45,50)/t34-,39+/m0/s1. The molecule has 15 heteroatoms. The average molecular weight is 786 g/mol. The number of sulfonamides is 1. The van der Waals surface area contributed by atoms with E-state index in [4.69, 9.17) is 23.2 Å². The van der Waals surface area contributed by atoms with Crippen LogP contribution in [0.2, 0.25) is 10.0 Å². The minimum Gasteiger partial charge on any atom is -0.372 e. The van der Waals surface area contributed by atoms with Crippen molar-refractivity contribution in [2.45, 2.75) is 62.1 Å². The Bertz CT molecular complexity index is 2300. The van der Waals surface area contributed by atoms with Gasteiger partial charge in [-0.05, 0) is 92.6 Å². The lowest BCUT2D eigenvalue weighted by atomic mass is 9.91. The highest BCUT2D eigenvalue weighted by Gasteiger charge is 2.53. The van der Waals surface area contributed by atoms with Crippen LogP contribution in [0, 0.1) is 0 Å². The first-order chi connectivity index (χ1) is 26.0. The first-order valence-corrected chi connectivity index (χ1v) is 20.1. The smallest absolute Gasteiger partial charge is 0.261 e. The highest BCUT2D eigenvalue weighted by Crippen LogP contribution is 2.45. The Morgan fingerprint density at radius 3 is 2.22 bits per heavy atom. The summed E-state index contributed by atoms with van der Waals surface area (Å²) in [6, 6.07) is 19.1. The van der Waals surface area contributed by atoms with Crippen LogP contribution in [0.1, 0.15) is 44.6 Å². The molecule has 2 aromatic heterocycles. The lowest BCUT2D eigenvalue weighted by Gasteiger charge is -2.29. The highest BCUT2D eigenvalue weighted by atomic mass is 35.5. The van der Waals surface area contributed by atoms with Gasteiger partial charge in [0.1, 0.15) is 17.9 Å². The van der Waals surface area contributed by atoms with E-state index in [0.29, 0.717) is 34.3 Å². The molecule has 0 saturated carbocycles. The fourth-order valence-electron chi connectivity index (χ4n) is 7.82. The second-order valence-corrected chi connectivity index (χ2v) is 16.8. The van der Waals surface area contributed by atoms with Crippen molar-refractivity contribution in [3.05, 3.63) is 107 Å². The van der Waals surface area contributed by atoms with Crippen LogP contribution in [0.5, 0.6) is 0 Å². The molecule has 2 fully saturated rings. The van der Waals surface area contributed by atoms with Crippen LogP contribution in [0.15, 0.2) is 96.7 Å². The lowest BCUT2D eigenvalue weighted by molar-refractivity contribution is -0.124. The molecule has 5 aromatic rings. The van der Waals surface area contributed by atoms with E-state index in [2.05, 4.69) is 25.2 Å². The van der Waals surface area contributed by atoms with E-state index >= 15 is 0 Å². The number of imidazole rings is 1. The van der Waals surface area contributed by atoms with Crippen molar-refractivity contribution in [2.24, 2.45) is 0 Å². The Morgan fingerprint density at radius 1 is 0.852 bits per heavy atom. The van der Waals surface area contributed by atoms with Crippen molar-refractivity contribution >= 4 is 68.1 Å². The number of carbonyl (C=O) groups is 2. The maximum Gasteiger partial charge on any atom is 0.261 e. The molecule has 3 aliphatic rings. The monoisotopic (exact) mass is 784 g/mol. The average Bonchev–Trinajstić information content (AvgIpc) is 3.90. The van der Waals surface area contributed by atoms with Crippen LogP contribution in [-0.2, 0) is 31.6 Å². The number of carbonyl (C=O) groups excluding carboxylic acids is 2. The molecule has 12 nitrogen and oxygen atoms in total. The zero-order valence-electron chi connectivity index (χ0n) is 29.5. The molecule has 0 bridgehead atoms. The summed E-state index contributed by atoms with van der Waals surface area (Å²) in [5.74, 6) is -0.725. The third kappa shape index (κ3) is 6.63. The molecule has 3 aromatic carbocycles. The number of nitrogens with one attached hydrogen (secondary N) is 1. The summed E-state index contributed by atoms with van der Waals surface area (Å²) in [7, 11) is -4.36. The molecule has 5 heterocycles. The first kappa shape index (κ1) is 36.2. The highest BCUT2D eigenvalue weighted by molar-refractivity contribution is 7.89. The predicted molar refractivity (Wildman–Crippen MR) is 209 cm³/mol. The van der Waals surface area contributed by atoms with Crippen molar-refractivity contribution in [1.82, 2.24) is 23.8 Å². The number of benzene rings is 3. The zero-order valence-corrected chi connectivity index (χ0v) is 31.9. The lowest BCUT2D eigenvalue weighted by Crippen LogP contribution is -2.46. The van der Waals surface area contributed by atoms with E-state index in [1.807, 2.05) is 48.5 Å². The van der Waals surface area contributed by atoms with E-state index < -0.39 is 33.4 Å². The van der Waals surface area contributed by atoms with E-state index in [1.165, 1.54) is 32.7 Å². The van der Waals surface area contributed by atoms with Crippen molar-refractivity contribution in [2.75, 3.05) is 34.8 Å². The molecule has 2 atom stereocenters. The SMILES string of the molecule is C[C@@]1(Cc2ccc(-c3cncnc3)cc2)C(=O)N(c2cc(Cl)cc(Cl)c2)c2ncc(S(=O)(=O)N3CCC[C@H]3C(=O)Nc3ccc(N4CCCCC4)cc3)n21. The van der Waals surface area contributed by atoms with Gasteiger partial charge in [0.05, 0.1) is 11.9 Å². The molecule has 3 aliphatic heterocycles. The molecule has 8 rings (SSSR count). The normalized spacial score (nSPS) is 20.4. The summed E-state index contributed by atoms with van der Waals surface area (Å²) in [5.41, 5.74) is 3.09. The van der Waals surface area contributed by atoms with Crippen molar-refractivity contribution in [1.29, 1.82) is 0 Å². The van der Waals surface area contributed by atoms with E-state index in [-0.39, 0.29) is 23.9 Å². The minimum atomic E-state index is -4.36. The first-order valence-electron chi connectivity index (χ1n) is 17.9. The Hall–Kier alpha value is -4.82. The molecule has 2 saturated heterocycles. The Balaban J connectivity index is 1.12. The van der Waals surface area contributed by atoms with Crippen LogP contribution in [0.4, 0.5) is 23.0 Å². The van der Waals surface area contributed by atoms with Crippen LogP contribution >= 0.6 is 23.2 Å². The van der Waals surface area contributed by atoms with Gasteiger partial charge >= 0.3 is 0 Å². The van der Waals surface area contributed by atoms with Crippen LogP contribution in [0.25, 0.3) is 11.1 Å². The molecule has 54 heavy (non-hydrogen) atoms. The maximum absolute atomic E-state index is 14.7. The summed E-state index contributed by atoms with van der Waals surface area (Å²) < 4.78 is 32.2. The second-order valence-electron chi connectivity index (χ2n) is 14.1. The summed E-state index contributed by atoms with van der Waals surface area (Å²) in [6.45, 7) is 3.85. The maximum atomic E-state index is 14.7. The van der Waals surface area contributed by atoms with Gasteiger partial charge in [0.25, 0.3) is 15.9 Å². The van der Waals surface area contributed by atoms with E-state index in [0.717, 1.165) is 48.3 Å². The molecule has 0 unspecified atom stereocenters. The number of amides is 2. The number of halogens is 2. The zero-order chi connectivity index (χ0) is 37.6. The molecule has 0 spiro atoms. The van der Waals surface area contributed by atoms with Crippen molar-refractivity contribution in [3.8, 4) is 11.1 Å². The number of anilines is 4. The Labute approximate surface area is 323 Å². The topological polar surface area (TPSA) is 134 Å². The number of piperidine rings is 1. The molecule has 2 amide bonds. The fraction of sp³-hybridized carbons (Fsp3) is 0.308. The molecule has 278 valence electrons. The van der Waals surface area contributed by atoms with Gasteiger partial charge in [0, 0.05) is 65.4 Å². The number of nitrogens with zero attached hydrogens (tertiary/aromatic N) is 7. The van der Waals surface area contributed by atoms with E-state index in [1.54, 1.807) is 37.5 Å². The fourth-order valence-corrected chi connectivity index (χ4v) is 10.2. The quantitative estimate of drug-likeness (QED) is 0.168. The predicted octanol–water partition coefficient (Wildman–Crippen LogP) is 7.07. The Morgan fingerprint density at radius 2 is 1.54 bits per heavy atom. The van der Waals surface area contributed by atoms with Crippen molar-refractivity contribution in [3.63, 3.8) is 0 Å². The van der Waals surface area contributed by atoms with Crippen LogP contribution in [0.3, 0.4) is 0 Å². The molecular weight excluding hydrogens is 747 g/mol. The van der Waals surface area contributed by atoms with Gasteiger partial charge in [0.15, 0.2) is 5.03 Å². The second kappa shape index (κ2) is 14.4. The number of rotatable bonds is 9. The molecular formula is C39H38Cl2N8O4S. The summed E-state index contributed by atoms with van der Waals surface area (Å²) >= 11 is 12.8. The number of fused-ring (bicyclic) bond motifs is 1. The third-order valence-electron chi connectivity index (χ3n) is 10.5. The number of aromatic nitrogens is 4. The summed E-state index contributed by atoms with van der Waals surface area (Å²) in [6.07, 6.45) is 10.7. The molecule has 1 N–H and O–H groups in total. The largest absolute Gasteiger partial charge is 0.372 e. The van der Waals surface area contributed by atoms with Gasteiger partial charge in [-0.3, -0.25) is 14.2 Å². The third-order valence-corrected chi connectivity index (χ3v) is 12.8. The van der Waals surface area contributed by atoms with Gasteiger partial charge in [0.2, 0.25) is 11.9 Å². The number of hydrogen-bond acceptors (Lipinski definition) is 8. The van der Waals surface area contributed by atoms with Gasteiger partial charge < -0.3 is 10.2 Å². The minimum absolute atomic E-state index is 0.103. The van der Waals surface area contributed by atoms with Gasteiger partial charge in [-0.15, -0.1) is 0 Å². The molecule has 0 radical (unpaired) electrons. The van der Waals surface area contributed by atoms with Crippen LogP contribution < -0.4 is 15.1 Å².